The zero-order valence-corrected chi connectivity index (χ0v) is 14.1. The summed E-state index contributed by atoms with van der Waals surface area (Å²) in [5.74, 6) is -0.241. The van der Waals surface area contributed by atoms with Gasteiger partial charge in [-0.05, 0) is 44.4 Å². The van der Waals surface area contributed by atoms with E-state index in [-0.39, 0.29) is 10.8 Å². The maximum absolute atomic E-state index is 12.9. The predicted molar refractivity (Wildman–Crippen MR) is 86.4 cm³/mol. The highest BCUT2D eigenvalue weighted by molar-refractivity contribution is 7.89. The number of aryl methyl sites for hydroxylation is 1. The van der Waals surface area contributed by atoms with Crippen LogP contribution in [-0.4, -0.2) is 38.3 Å². The van der Waals surface area contributed by atoms with Gasteiger partial charge in [0, 0.05) is 25.2 Å². The Kier molecular flexibility index (Phi) is 5.58. The maximum atomic E-state index is 12.9. The number of hydrogen-bond donors (Lipinski definition) is 1. The Balaban J connectivity index is 2.36. The fourth-order valence-electron chi connectivity index (χ4n) is 2.70. The first-order valence-corrected chi connectivity index (χ1v) is 9.30. The second-order valence-corrected chi connectivity index (χ2v) is 7.56. The zero-order chi connectivity index (χ0) is 16.2. The van der Waals surface area contributed by atoms with E-state index in [1.165, 1.54) is 6.07 Å². The minimum atomic E-state index is -3.53. The summed E-state index contributed by atoms with van der Waals surface area (Å²) in [6.45, 7) is 5.24. The first-order valence-electron chi connectivity index (χ1n) is 7.86. The van der Waals surface area contributed by atoms with Crippen LogP contribution < -0.4 is 5.32 Å². The predicted octanol–water partition coefficient (Wildman–Crippen LogP) is 2.31. The molecule has 1 fully saturated rings. The molecule has 5 nitrogen and oxygen atoms in total. The van der Waals surface area contributed by atoms with Crippen LogP contribution in [0.4, 0.5) is 0 Å². The van der Waals surface area contributed by atoms with Crippen LogP contribution in [0.15, 0.2) is 23.1 Å². The molecule has 1 heterocycles. The molecule has 1 aliphatic rings. The van der Waals surface area contributed by atoms with Crippen molar-refractivity contribution in [2.45, 2.75) is 44.4 Å². The molecule has 6 heteroatoms. The van der Waals surface area contributed by atoms with Gasteiger partial charge in [-0.15, -0.1) is 0 Å². The van der Waals surface area contributed by atoms with Crippen molar-refractivity contribution in [3.63, 3.8) is 0 Å². The molecular formula is C16H24N2O3S. The minimum Gasteiger partial charge on any atom is -0.352 e. The van der Waals surface area contributed by atoms with Gasteiger partial charge in [0.2, 0.25) is 10.0 Å². The Morgan fingerprint density at radius 2 is 1.82 bits per heavy atom. The van der Waals surface area contributed by atoms with E-state index in [4.69, 9.17) is 0 Å². The van der Waals surface area contributed by atoms with Crippen molar-refractivity contribution in [3.8, 4) is 0 Å². The number of sulfonamides is 1. The van der Waals surface area contributed by atoms with Gasteiger partial charge in [0.1, 0.15) is 0 Å². The van der Waals surface area contributed by atoms with Gasteiger partial charge in [-0.25, -0.2) is 8.42 Å². The zero-order valence-electron chi connectivity index (χ0n) is 13.3. The molecule has 1 N–H and O–H groups in total. The quantitative estimate of drug-likeness (QED) is 0.924. The van der Waals surface area contributed by atoms with E-state index in [9.17, 15) is 13.2 Å². The smallest absolute Gasteiger partial charge is 0.251 e. The standard InChI is InChI=1S/C16H24N2O3S/c1-3-17-16(19)14-9-8-13(2)15(12-14)22(20,21)18-10-6-4-5-7-11-18/h8-9,12H,3-7,10-11H2,1-2H3,(H,17,19). The number of benzene rings is 1. The summed E-state index contributed by atoms with van der Waals surface area (Å²) in [6.07, 6.45) is 3.94. The number of rotatable bonds is 4. The molecule has 0 unspecified atom stereocenters. The SMILES string of the molecule is CCNC(=O)c1ccc(C)c(S(=O)(=O)N2CCCCCC2)c1. The van der Waals surface area contributed by atoms with Crippen molar-refractivity contribution in [3.05, 3.63) is 29.3 Å². The summed E-state index contributed by atoms with van der Waals surface area (Å²) in [6, 6.07) is 4.87. The molecule has 0 aromatic heterocycles. The number of amides is 1. The van der Waals surface area contributed by atoms with Crippen LogP contribution in [0, 0.1) is 6.92 Å². The lowest BCUT2D eigenvalue weighted by atomic mass is 10.1. The van der Waals surface area contributed by atoms with E-state index < -0.39 is 10.0 Å². The second-order valence-electron chi connectivity index (χ2n) is 5.66. The van der Waals surface area contributed by atoms with E-state index in [0.29, 0.717) is 30.8 Å². The van der Waals surface area contributed by atoms with Gasteiger partial charge in [0.05, 0.1) is 4.90 Å². The summed E-state index contributed by atoms with van der Waals surface area (Å²) in [7, 11) is -3.53. The highest BCUT2D eigenvalue weighted by Crippen LogP contribution is 2.24. The Morgan fingerprint density at radius 1 is 1.18 bits per heavy atom. The highest BCUT2D eigenvalue weighted by atomic mass is 32.2. The molecule has 0 spiro atoms. The summed E-state index contributed by atoms with van der Waals surface area (Å²) in [5.41, 5.74) is 1.07. The first-order chi connectivity index (χ1) is 10.5. The van der Waals surface area contributed by atoms with Crippen molar-refractivity contribution in [2.75, 3.05) is 19.6 Å². The molecule has 1 amide bonds. The van der Waals surface area contributed by atoms with Gasteiger partial charge in [0.25, 0.3) is 5.91 Å². The van der Waals surface area contributed by atoms with Crippen LogP contribution >= 0.6 is 0 Å². The lowest BCUT2D eigenvalue weighted by Gasteiger charge is -2.21. The highest BCUT2D eigenvalue weighted by Gasteiger charge is 2.27. The van der Waals surface area contributed by atoms with Gasteiger partial charge < -0.3 is 5.32 Å². The molecule has 22 heavy (non-hydrogen) atoms. The molecule has 1 aliphatic heterocycles. The van der Waals surface area contributed by atoms with E-state index in [1.807, 2.05) is 6.92 Å². The minimum absolute atomic E-state index is 0.241. The van der Waals surface area contributed by atoms with Gasteiger partial charge >= 0.3 is 0 Å². The lowest BCUT2D eigenvalue weighted by Crippen LogP contribution is -2.32. The third kappa shape index (κ3) is 3.67. The molecule has 122 valence electrons. The van der Waals surface area contributed by atoms with Gasteiger partial charge in [-0.3, -0.25) is 4.79 Å². The number of nitrogens with one attached hydrogen (secondary N) is 1. The number of carbonyl (C=O) groups excluding carboxylic acids is 1. The average molecular weight is 324 g/mol. The van der Waals surface area contributed by atoms with Crippen molar-refractivity contribution < 1.29 is 13.2 Å². The summed E-state index contributed by atoms with van der Waals surface area (Å²) in [5, 5.41) is 2.70. The van der Waals surface area contributed by atoms with Gasteiger partial charge in [-0.1, -0.05) is 18.9 Å². The summed E-state index contributed by atoms with van der Waals surface area (Å²) in [4.78, 5) is 12.2. The van der Waals surface area contributed by atoms with Crippen molar-refractivity contribution in [2.24, 2.45) is 0 Å². The van der Waals surface area contributed by atoms with Crippen LogP contribution in [0.25, 0.3) is 0 Å². The molecule has 1 saturated heterocycles. The monoisotopic (exact) mass is 324 g/mol. The lowest BCUT2D eigenvalue weighted by molar-refractivity contribution is 0.0955. The molecule has 0 bridgehead atoms. The molecule has 0 radical (unpaired) electrons. The van der Waals surface area contributed by atoms with Crippen molar-refractivity contribution >= 4 is 15.9 Å². The molecular weight excluding hydrogens is 300 g/mol. The van der Waals surface area contributed by atoms with Gasteiger partial charge in [-0.2, -0.15) is 4.31 Å². The molecule has 0 aliphatic carbocycles. The molecule has 0 atom stereocenters. The van der Waals surface area contributed by atoms with Crippen molar-refractivity contribution in [1.29, 1.82) is 0 Å². The molecule has 0 saturated carbocycles. The van der Waals surface area contributed by atoms with Crippen LogP contribution in [0.1, 0.15) is 48.5 Å². The Morgan fingerprint density at radius 3 is 2.41 bits per heavy atom. The number of nitrogens with zero attached hydrogens (tertiary/aromatic N) is 1. The van der Waals surface area contributed by atoms with Crippen molar-refractivity contribution in [1.82, 2.24) is 9.62 Å². The van der Waals surface area contributed by atoms with E-state index in [2.05, 4.69) is 5.32 Å². The fraction of sp³-hybridized carbons (Fsp3) is 0.562. The molecule has 1 aromatic rings. The summed E-state index contributed by atoms with van der Waals surface area (Å²) >= 11 is 0. The van der Waals surface area contributed by atoms with Crippen LogP contribution in [-0.2, 0) is 10.0 Å². The van der Waals surface area contributed by atoms with E-state index in [1.54, 1.807) is 23.4 Å². The number of carbonyl (C=O) groups is 1. The topological polar surface area (TPSA) is 66.5 Å². The van der Waals surface area contributed by atoms with Crippen LogP contribution in [0.5, 0.6) is 0 Å². The summed E-state index contributed by atoms with van der Waals surface area (Å²) < 4.78 is 27.3. The number of hydrogen-bond acceptors (Lipinski definition) is 3. The largest absolute Gasteiger partial charge is 0.352 e. The molecule has 1 aromatic carbocycles. The first kappa shape index (κ1) is 17.0. The average Bonchev–Trinajstić information content (AvgIpc) is 2.77. The van der Waals surface area contributed by atoms with E-state index >= 15 is 0 Å². The van der Waals surface area contributed by atoms with E-state index in [0.717, 1.165) is 25.7 Å². The third-order valence-corrected chi connectivity index (χ3v) is 6.01. The Labute approximate surface area is 132 Å². The Bertz CT molecular complexity index is 633. The van der Waals surface area contributed by atoms with Crippen LogP contribution in [0.2, 0.25) is 0 Å². The second kappa shape index (κ2) is 7.24. The Hall–Kier alpha value is -1.40. The third-order valence-electron chi connectivity index (χ3n) is 3.97. The van der Waals surface area contributed by atoms with Gasteiger partial charge in [0.15, 0.2) is 0 Å². The van der Waals surface area contributed by atoms with Crippen LogP contribution in [0.3, 0.4) is 0 Å². The normalized spacial score (nSPS) is 17.0. The molecule has 2 rings (SSSR count). The fourth-order valence-corrected chi connectivity index (χ4v) is 4.47. The maximum Gasteiger partial charge on any atom is 0.251 e.